The second-order valence-corrected chi connectivity index (χ2v) is 6.34. The third kappa shape index (κ3) is 4.38. The summed E-state index contributed by atoms with van der Waals surface area (Å²) in [6.07, 6.45) is 4.35. The van der Waals surface area contributed by atoms with E-state index in [0.717, 1.165) is 24.5 Å². The first-order valence-corrected chi connectivity index (χ1v) is 8.62. The number of hydrogen-bond donors (Lipinski definition) is 1. The van der Waals surface area contributed by atoms with Gasteiger partial charge in [-0.25, -0.2) is 9.78 Å². The zero-order chi connectivity index (χ0) is 14.3. The molecule has 0 fully saturated rings. The van der Waals surface area contributed by atoms with Crippen molar-refractivity contribution in [1.29, 1.82) is 0 Å². The van der Waals surface area contributed by atoms with E-state index >= 15 is 0 Å². The zero-order valence-corrected chi connectivity index (χ0v) is 13.6. The quantitative estimate of drug-likeness (QED) is 0.743. The smallest absolute Gasteiger partial charge is 0.357 e. The number of ether oxygens (including phenoxy) is 1. The minimum absolute atomic E-state index is 0.232. The van der Waals surface area contributed by atoms with Crippen LogP contribution in [-0.4, -0.2) is 35.1 Å². The second-order valence-electron chi connectivity index (χ2n) is 4.21. The molecule has 0 aliphatic rings. The largest absolute Gasteiger partial charge is 0.461 e. The predicted octanol–water partition coefficient (Wildman–Crippen LogP) is 3.65. The lowest BCUT2D eigenvalue weighted by Gasteiger charge is -2.29. The first-order valence-electron chi connectivity index (χ1n) is 6.52. The lowest BCUT2D eigenvalue weighted by molar-refractivity contribution is 0.0520. The number of aromatic nitrogens is 1. The third-order valence-electron chi connectivity index (χ3n) is 3.27. The molecule has 19 heavy (non-hydrogen) atoms. The number of carbonyl (C=O) groups excluding carboxylic acids is 1. The highest BCUT2D eigenvalue weighted by Gasteiger charge is 2.25. The number of nitrogens with zero attached hydrogens (tertiary/aromatic N) is 1. The standard InChI is InChI=1S/C13H22N2O2S2/c1-5-13(6-2,18-4)9-14-12-15-10(8-19-12)11(16)17-7-3/h8H,5-7,9H2,1-4H3,(H,14,15). The lowest BCUT2D eigenvalue weighted by atomic mass is 10.0. The number of carbonyl (C=O) groups is 1. The van der Waals surface area contributed by atoms with Crippen LogP contribution in [0.3, 0.4) is 0 Å². The maximum atomic E-state index is 11.5. The monoisotopic (exact) mass is 302 g/mol. The maximum Gasteiger partial charge on any atom is 0.357 e. The van der Waals surface area contributed by atoms with Gasteiger partial charge in [0.1, 0.15) is 0 Å². The molecule has 0 aliphatic heterocycles. The van der Waals surface area contributed by atoms with Crippen LogP contribution < -0.4 is 5.32 Å². The number of rotatable bonds is 8. The van der Waals surface area contributed by atoms with Crippen LogP contribution >= 0.6 is 23.1 Å². The molecule has 0 spiro atoms. The van der Waals surface area contributed by atoms with Crippen molar-refractivity contribution in [2.45, 2.75) is 38.4 Å². The highest BCUT2D eigenvalue weighted by atomic mass is 32.2. The first kappa shape index (κ1) is 16.3. The van der Waals surface area contributed by atoms with Crippen LogP contribution in [0.15, 0.2) is 5.38 Å². The Morgan fingerprint density at radius 2 is 2.16 bits per heavy atom. The molecule has 1 heterocycles. The van der Waals surface area contributed by atoms with Crippen molar-refractivity contribution in [3.8, 4) is 0 Å². The van der Waals surface area contributed by atoms with Gasteiger partial charge in [-0.05, 0) is 26.0 Å². The molecular formula is C13H22N2O2S2. The SMILES string of the molecule is CCOC(=O)c1csc(NCC(CC)(CC)SC)n1. The summed E-state index contributed by atoms with van der Waals surface area (Å²) in [6.45, 7) is 7.43. The van der Waals surface area contributed by atoms with Crippen molar-refractivity contribution in [3.63, 3.8) is 0 Å². The molecule has 0 atom stereocenters. The molecule has 1 aromatic heterocycles. The highest BCUT2D eigenvalue weighted by molar-refractivity contribution is 8.00. The summed E-state index contributed by atoms with van der Waals surface area (Å²) in [5.74, 6) is -0.353. The van der Waals surface area contributed by atoms with Crippen molar-refractivity contribution in [2.24, 2.45) is 0 Å². The van der Waals surface area contributed by atoms with E-state index in [0.29, 0.717) is 12.3 Å². The summed E-state index contributed by atoms with van der Waals surface area (Å²) in [4.78, 5) is 15.8. The molecule has 0 saturated heterocycles. The van der Waals surface area contributed by atoms with Crippen LogP contribution in [0.4, 0.5) is 5.13 Å². The van der Waals surface area contributed by atoms with Crippen LogP contribution in [0.2, 0.25) is 0 Å². The predicted molar refractivity (Wildman–Crippen MR) is 83.4 cm³/mol. The second kappa shape index (κ2) is 7.75. The van der Waals surface area contributed by atoms with Crippen molar-refractivity contribution < 1.29 is 9.53 Å². The Morgan fingerprint density at radius 3 is 2.68 bits per heavy atom. The maximum absolute atomic E-state index is 11.5. The fourth-order valence-corrected chi connectivity index (χ4v) is 3.22. The van der Waals surface area contributed by atoms with Crippen molar-refractivity contribution in [1.82, 2.24) is 4.98 Å². The van der Waals surface area contributed by atoms with Gasteiger partial charge in [0.2, 0.25) is 0 Å². The van der Waals surface area contributed by atoms with E-state index < -0.39 is 0 Å². The lowest BCUT2D eigenvalue weighted by Crippen LogP contribution is -2.31. The number of anilines is 1. The summed E-state index contributed by atoms with van der Waals surface area (Å²) in [6, 6.07) is 0. The van der Waals surface area contributed by atoms with Gasteiger partial charge in [-0.3, -0.25) is 0 Å². The van der Waals surface area contributed by atoms with Gasteiger partial charge in [-0.1, -0.05) is 13.8 Å². The van der Waals surface area contributed by atoms with E-state index in [1.54, 1.807) is 12.3 Å². The average molecular weight is 302 g/mol. The van der Waals surface area contributed by atoms with Gasteiger partial charge in [-0.15, -0.1) is 11.3 Å². The van der Waals surface area contributed by atoms with Gasteiger partial charge < -0.3 is 10.1 Å². The average Bonchev–Trinajstić information content (AvgIpc) is 2.90. The van der Waals surface area contributed by atoms with Gasteiger partial charge in [0.05, 0.1) is 6.61 Å². The number of nitrogens with one attached hydrogen (secondary N) is 1. The van der Waals surface area contributed by atoms with Gasteiger partial charge in [-0.2, -0.15) is 11.8 Å². The van der Waals surface area contributed by atoms with Crippen LogP contribution in [0, 0.1) is 0 Å². The molecular weight excluding hydrogens is 280 g/mol. The summed E-state index contributed by atoms with van der Waals surface area (Å²) in [7, 11) is 0. The van der Waals surface area contributed by atoms with Crippen LogP contribution in [0.1, 0.15) is 44.1 Å². The van der Waals surface area contributed by atoms with Crippen LogP contribution in [-0.2, 0) is 4.74 Å². The van der Waals surface area contributed by atoms with E-state index in [1.807, 2.05) is 11.8 Å². The fraction of sp³-hybridized carbons (Fsp3) is 0.692. The Morgan fingerprint density at radius 1 is 1.47 bits per heavy atom. The Hall–Kier alpha value is -0.750. The number of thiazole rings is 1. The molecule has 0 aromatic carbocycles. The van der Waals surface area contributed by atoms with Crippen LogP contribution in [0.5, 0.6) is 0 Å². The van der Waals surface area contributed by atoms with Crippen molar-refractivity contribution >= 4 is 34.2 Å². The van der Waals surface area contributed by atoms with Crippen LogP contribution in [0.25, 0.3) is 0 Å². The normalized spacial score (nSPS) is 11.4. The topological polar surface area (TPSA) is 51.2 Å². The Balaban J connectivity index is 2.61. The summed E-state index contributed by atoms with van der Waals surface area (Å²) in [5.41, 5.74) is 0.386. The minimum Gasteiger partial charge on any atom is -0.461 e. The molecule has 1 N–H and O–H groups in total. The highest BCUT2D eigenvalue weighted by Crippen LogP contribution is 2.31. The number of thioether (sulfide) groups is 1. The Labute approximate surface area is 123 Å². The molecule has 0 radical (unpaired) electrons. The molecule has 0 aliphatic carbocycles. The summed E-state index contributed by atoms with van der Waals surface area (Å²) >= 11 is 3.32. The first-order chi connectivity index (χ1) is 9.10. The van der Waals surface area contributed by atoms with Crippen molar-refractivity contribution in [3.05, 3.63) is 11.1 Å². The van der Waals surface area contributed by atoms with Crippen molar-refractivity contribution in [2.75, 3.05) is 24.7 Å². The Kier molecular flexibility index (Phi) is 6.65. The van der Waals surface area contributed by atoms with E-state index in [1.165, 1.54) is 11.3 Å². The van der Waals surface area contributed by atoms with Gasteiger partial charge >= 0.3 is 5.97 Å². The third-order valence-corrected chi connectivity index (χ3v) is 5.66. The molecule has 4 nitrogen and oxygen atoms in total. The summed E-state index contributed by atoms with van der Waals surface area (Å²) in [5, 5.41) is 5.85. The molecule has 1 rings (SSSR count). The van der Waals surface area contributed by atoms with Gasteiger partial charge in [0, 0.05) is 16.7 Å². The van der Waals surface area contributed by atoms with E-state index in [2.05, 4.69) is 30.4 Å². The minimum atomic E-state index is -0.353. The number of hydrogen-bond acceptors (Lipinski definition) is 6. The zero-order valence-electron chi connectivity index (χ0n) is 12.0. The molecule has 1 aromatic rings. The molecule has 0 bridgehead atoms. The molecule has 0 unspecified atom stereocenters. The molecule has 0 saturated carbocycles. The number of esters is 1. The fourth-order valence-electron chi connectivity index (χ4n) is 1.75. The Bertz CT molecular complexity index is 395. The molecule has 6 heteroatoms. The van der Waals surface area contributed by atoms with E-state index in [9.17, 15) is 4.79 Å². The van der Waals surface area contributed by atoms with Gasteiger partial charge in [0.25, 0.3) is 0 Å². The van der Waals surface area contributed by atoms with E-state index in [-0.39, 0.29) is 10.7 Å². The van der Waals surface area contributed by atoms with E-state index in [4.69, 9.17) is 4.74 Å². The molecule has 108 valence electrons. The summed E-state index contributed by atoms with van der Waals surface area (Å²) < 4.78 is 5.16. The van der Waals surface area contributed by atoms with Gasteiger partial charge in [0.15, 0.2) is 10.8 Å². The molecule has 0 amide bonds.